The van der Waals surface area contributed by atoms with Gasteiger partial charge in [0.05, 0.1) is 5.75 Å². The largest absolute Gasteiger partial charge is 0.399 e. The summed E-state index contributed by atoms with van der Waals surface area (Å²) < 4.78 is 25.8. The number of nitrogen functional groups attached to an aromatic ring is 1. The molecule has 0 spiro atoms. The molecule has 102 valence electrons. The number of anilines is 1. The summed E-state index contributed by atoms with van der Waals surface area (Å²) in [5.74, 6) is -0.00603. The number of hydrogen-bond donors (Lipinski definition) is 1. The van der Waals surface area contributed by atoms with Gasteiger partial charge in [0.15, 0.2) is 0 Å². The van der Waals surface area contributed by atoms with E-state index in [1.807, 2.05) is 16.8 Å². The smallest absolute Gasteiger partial charge is 0.218 e. The summed E-state index contributed by atoms with van der Waals surface area (Å²) in [4.78, 5) is 0. The Balaban J connectivity index is 2.07. The molecule has 0 fully saturated rings. The summed E-state index contributed by atoms with van der Waals surface area (Å²) in [6, 6.07) is 8.84. The first kappa shape index (κ1) is 14.0. The van der Waals surface area contributed by atoms with E-state index in [0.29, 0.717) is 12.2 Å². The van der Waals surface area contributed by atoms with Gasteiger partial charge in [-0.15, -0.1) is 0 Å². The van der Waals surface area contributed by atoms with Gasteiger partial charge in [-0.1, -0.05) is 12.1 Å². The zero-order valence-electron chi connectivity index (χ0n) is 10.6. The molecule has 1 aromatic carbocycles. The van der Waals surface area contributed by atoms with Gasteiger partial charge in [-0.25, -0.2) is 12.7 Å². The first-order valence-electron chi connectivity index (χ1n) is 5.77. The van der Waals surface area contributed by atoms with E-state index in [9.17, 15) is 8.42 Å². The van der Waals surface area contributed by atoms with Crippen LogP contribution in [0.1, 0.15) is 11.1 Å². The standard InChI is InChI=1S/C13H16N2O2S2/c1-15(8-12-6-7-18-9-12)19(16,17)10-11-2-4-13(14)5-3-11/h2-7,9H,8,10,14H2,1H3. The van der Waals surface area contributed by atoms with Gasteiger partial charge < -0.3 is 5.73 Å². The Morgan fingerprint density at radius 1 is 1.16 bits per heavy atom. The lowest BCUT2D eigenvalue weighted by atomic mass is 10.2. The van der Waals surface area contributed by atoms with Crippen LogP contribution in [0.5, 0.6) is 0 Å². The van der Waals surface area contributed by atoms with E-state index >= 15 is 0 Å². The highest BCUT2D eigenvalue weighted by atomic mass is 32.2. The van der Waals surface area contributed by atoms with E-state index in [1.165, 1.54) is 4.31 Å². The maximum Gasteiger partial charge on any atom is 0.218 e. The number of hydrogen-bond acceptors (Lipinski definition) is 4. The molecule has 0 radical (unpaired) electrons. The first-order valence-corrected chi connectivity index (χ1v) is 8.32. The molecule has 0 bridgehead atoms. The molecular weight excluding hydrogens is 280 g/mol. The average molecular weight is 296 g/mol. The van der Waals surface area contributed by atoms with Crippen LogP contribution < -0.4 is 5.73 Å². The lowest BCUT2D eigenvalue weighted by Gasteiger charge is -2.16. The van der Waals surface area contributed by atoms with Crippen molar-refractivity contribution in [2.45, 2.75) is 12.3 Å². The molecule has 0 aliphatic carbocycles. The number of rotatable bonds is 5. The average Bonchev–Trinajstić information content (AvgIpc) is 2.84. The highest BCUT2D eigenvalue weighted by Gasteiger charge is 2.18. The Labute approximate surface area is 117 Å². The molecule has 0 atom stereocenters. The third-order valence-electron chi connectivity index (χ3n) is 2.79. The molecule has 6 heteroatoms. The van der Waals surface area contributed by atoms with Crippen LogP contribution in [0.25, 0.3) is 0 Å². The van der Waals surface area contributed by atoms with Crippen molar-refractivity contribution in [2.24, 2.45) is 0 Å². The topological polar surface area (TPSA) is 63.4 Å². The molecule has 1 aromatic heterocycles. The minimum absolute atomic E-state index is 0.00603. The minimum Gasteiger partial charge on any atom is -0.399 e. The Morgan fingerprint density at radius 3 is 2.42 bits per heavy atom. The Kier molecular flexibility index (Phi) is 4.24. The number of nitrogens with two attached hydrogens (primary N) is 1. The number of sulfonamides is 1. The molecule has 0 aliphatic heterocycles. The van der Waals surface area contributed by atoms with Crippen LogP contribution in [0.15, 0.2) is 41.1 Å². The quantitative estimate of drug-likeness (QED) is 0.861. The van der Waals surface area contributed by atoms with Crippen molar-refractivity contribution >= 4 is 27.0 Å². The van der Waals surface area contributed by atoms with Gasteiger partial charge in [-0.2, -0.15) is 11.3 Å². The van der Waals surface area contributed by atoms with Crippen molar-refractivity contribution < 1.29 is 8.42 Å². The molecular formula is C13H16N2O2S2. The van der Waals surface area contributed by atoms with Crippen molar-refractivity contribution in [3.8, 4) is 0 Å². The molecule has 4 nitrogen and oxygen atoms in total. The molecule has 0 saturated heterocycles. The Bertz CT molecular complexity index is 619. The van der Waals surface area contributed by atoms with E-state index in [4.69, 9.17) is 5.73 Å². The maximum atomic E-state index is 12.2. The van der Waals surface area contributed by atoms with Gasteiger partial charge in [0.2, 0.25) is 10.0 Å². The summed E-state index contributed by atoms with van der Waals surface area (Å²) in [5, 5.41) is 3.89. The summed E-state index contributed by atoms with van der Waals surface area (Å²) in [7, 11) is -1.70. The van der Waals surface area contributed by atoms with Crippen LogP contribution in [0, 0.1) is 0 Å². The molecule has 0 saturated carbocycles. The fraction of sp³-hybridized carbons (Fsp3) is 0.231. The second kappa shape index (κ2) is 5.73. The molecule has 2 N–H and O–H groups in total. The number of thiophene rings is 1. The zero-order chi connectivity index (χ0) is 13.9. The summed E-state index contributed by atoms with van der Waals surface area (Å²) in [6.45, 7) is 0.404. The molecule has 0 unspecified atom stereocenters. The summed E-state index contributed by atoms with van der Waals surface area (Å²) >= 11 is 1.56. The third kappa shape index (κ3) is 3.79. The van der Waals surface area contributed by atoms with Crippen LogP contribution in [-0.4, -0.2) is 19.8 Å². The zero-order valence-corrected chi connectivity index (χ0v) is 12.2. The van der Waals surface area contributed by atoms with Crippen molar-refractivity contribution in [1.82, 2.24) is 4.31 Å². The first-order chi connectivity index (χ1) is 8.97. The van der Waals surface area contributed by atoms with Gasteiger partial charge in [0, 0.05) is 19.3 Å². The minimum atomic E-state index is -3.31. The van der Waals surface area contributed by atoms with E-state index in [-0.39, 0.29) is 5.75 Å². The van der Waals surface area contributed by atoms with Crippen molar-refractivity contribution in [3.63, 3.8) is 0 Å². The predicted octanol–water partition coefficient (Wildman–Crippen LogP) is 2.29. The molecule has 2 rings (SSSR count). The fourth-order valence-electron chi connectivity index (χ4n) is 1.67. The molecule has 19 heavy (non-hydrogen) atoms. The van der Waals surface area contributed by atoms with Gasteiger partial charge in [0.1, 0.15) is 0 Å². The highest BCUT2D eigenvalue weighted by molar-refractivity contribution is 7.88. The van der Waals surface area contributed by atoms with Crippen molar-refractivity contribution in [3.05, 3.63) is 52.2 Å². The van der Waals surface area contributed by atoms with E-state index in [2.05, 4.69) is 0 Å². The predicted molar refractivity (Wildman–Crippen MR) is 79.3 cm³/mol. The van der Waals surface area contributed by atoms with Crippen LogP contribution in [-0.2, 0) is 22.3 Å². The maximum absolute atomic E-state index is 12.2. The molecule has 2 aromatic rings. The van der Waals surface area contributed by atoms with E-state index < -0.39 is 10.0 Å². The van der Waals surface area contributed by atoms with E-state index in [0.717, 1.165) is 11.1 Å². The Hall–Kier alpha value is -1.37. The monoisotopic (exact) mass is 296 g/mol. The number of nitrogens with zero attached hydrogens (tertiary/aromatic N) is 1. The molecule has 0 aliphatic rings. The SMILES string of the molecule is CN(Cc1ccsc1)S(=O)(=O)Cc1ccc(N)cc1. The second-order valence-electron chi connectivity index (χ2n) is 4.39. The second-order valence-corrected chi connectivity index (χ2v) is 7.24. The molecule has 1 heterocycles. The molecule has 0 amide bonds. The van der Waals surface area contributed by atoms with Crippen molar-refractivity contribution in [1.29, 1.82) is 0 Å². The third-order valence-corrected chi connectivity index (χ3v) is 5.30. The number of benzene rings is 1. The van der Waals surface area contributed by atoms with Gasteiger partial charge in [-0.3, -0.25) is 0 Å². The summed E-state index contributed by atoms with van der Waals surface area (Å²) in [5.41, 5.74) is 7.96. The van der Waals surface area contributed by atoms with E-state index in [1.54, 1.807) is 42.6 Å². The lowest BCUT2D eigenvalue weighted by Crippen LogP contribution is -2.27. The summed E-state index contributed by atoms with van der Waals surface area (Å²) in [6.07, 6.45) is 0. The van der Waals surface area contributed by atoms with Gasteiger partial charge >= 0.3 is 0 Å². The van der Waals surface area contributed by atoms with Crippen LogP contribution >= 0.6 is 11.3 Å². The normalized spacial score (nSPS) is 11.9. The Morgan fingerprint density at radius 2 is 1.84 bits per heavy atom. The van der Waals surface area contributed by atoms with Gasteiger partial charge in [-0.05, 0) is 40.1 Å². The fourth-order valence-corrected chi connectivity index (χ4v) is 3.51. The van der Waals surface area contributed by atoms with Crippen molar-refractivity contribution in [2.75, 3.05) is 12.8 Å². The van der Waals surface area contributed by atoms with Crippen LogP contribution in [0.3, 0.4) is 0 Å². The highest BCUT2D eigenvalue weighted by Crippen LogP contribution is 2.15. The van der Waals surface area contributed by atoms with Crippen LogP contribution in [0.2, 0.25) is 0 Å². The van der Waals surface area contributed by atoms with Crippen LogP contribution in [0.4, 0.5) is 5.69 Å². The lowest BCUT2D eigenvalue weighted by molar-refractivity contribution is 0.466. The van der Waals surface area contributed by atoms with Gasteiger partial charge in [0.25, 0.3) is 0 Å².